The first-order chi connectivity index (χ1) is 22.1. The summed E-state index contributed by atoms with van der Waals surface area (Å²) in [6.07, 6.45) is 2.65. The van der Waals surface area contributed by atoms with E-state index in [0.717, 1.165) is 34.7 Å². The van der Waals surface area contributed by atoms with Crippen LogP contribution in [0.25, 0.3) is 0 Å². The molecule has 0 spiro atoms. The van der Waals surface area contributed by atoms with Crippen LogP contribution in [0, 0.1) is 0 Å². The second kappa shape index (κ2) is 16.6. The molecule has 0 radical (unpaired) electrons. The van der Waals surface area contributed by atoms with E-state index in [-0.39, 0.29) is 23.8 Å². The zero-order valence-corrected chi connectivity index (χ0v) is 28.4. The predicted octanol–water partition coefficient (Wildman–Crippen LogP) is 7.31. The molecule has 4 rings (SSSR count). The molecule has 0 heterocycles. The number of amides is 2. The summed E-state index contributed by atoms with van der Waals surface area (Å²) in [5.74, 6) is -0.892. The number of anilines is 1. The summed E-state index contributed by atoms with van der Waals surface area (Å²) in [6.45, 7) is 3.90. The lowest BCUT2D eigenvalue weighted by Crippen LogP contribution is -2.53. The lowest BCUT2D eigenvalue weighted by atomic mass is 10.0. The van der Waals surface area contributed by atoms with E-state index in [4.69, 9.17) is 23.2 Å². The summed E-state index contributed by atoms with van der Waals surface area (Å²) in [5.41, 5.74) is 2.79. The van der Waals surface area contributed by atoms with E-state index < -0.39 is 28.5 Å². The smallest absolute Gasteiger partial charge is 0.264 e. The average molecular weight is 681 g/mol. The Hall–Kier alpha value is -3.85. The first-order valence-corrected chi connectivity index (χ1v) is 17.5. The van der Waals surface area contributed by atoms with E-state index in [2.05, 4.69) is 5.32 Å². The molecule has 0 saturated heterocycles. The third kappa shape index (κ3) is 9.12. The SMILES string of the molecule is CCCCNC(=O)C(Cc1ccccc1)N(Cc1ccc(Cl)cc1Cl)C(=O)CN(c1ccc(CC)cc1)S(=O)(=O)c1ccccc1. The van der Waals surface area contributed by atoms with Crippen LogP contribution in [0.15, 0.2) is 108 Å². The van der Waals surface area contributed by atoms with Gasteiger partial charge in [0.25, 0.3) is 10.0 Å². The number of rotatable bonds is 15. The second-order valence-corrected chi connectivity index (χ2v) is 13.7. The van der Waals surface area contributed by atoms with Crippen molar-refractivity contribution < 1.29 is 18.0 Å². The first kappa shape index (κ1) is 35.0. The standard InChI is InChI=1S/C36H39Cl2N3O4S/c1-3-5-22-39-36(43)34(23-28-12-8-6-9-13-28)40(25-29-18-19-30(37)24-33(29)38)35(42)26-41(31-20-16-27(4-2)17-21-31)46(44,45)32-14-10-7-11-15-32/h6-21,24,34H,3-5,22-23,25-26H2,1-2H3,(H,39,43). The highest BCUT2D eigenvalue weighted by atomic mass is 35.5. The molecule has 0 aliphatic heterocycles. The number of carbonyl (C=O) groups is 2. The Bertz CT molecular complexity index is 1700. The molecule has 46 heavy (non-hydrogen) atoms. The highest BCUT2D eigenvalue weighted by molar-refractivity contribution is 7.92. The van der Waals surface area contributed by atoms with Crippen molar-refractivity contribution in [3.63, 3.8) is 0 Å². The molecule has 0 aliphatic rings. The van der Waals surface area contributed by atoms with Gasteiger partial charge in [-0.15, -0.1) is 0 Å². The highest BCUT2D eigenvalue weighted by Gasteiger charge is 2.34. The lowest BCUT2D eigenvalue weighted by molar-refractivity contribution is -0.140. The molecule has 7 nitrogen and oxygen atoms in total. The maximum Gasteiger partial charge on any atom is 0.264 e. The van der Waals surface area contributed by atoms with Crippen LogP contribution in [0.3, 0.4) is 0 Å². The molecule has 0 saturated carbocycles. The van der Waals surface area contributed by atoms with Crippen LogP contribution in [-0.4, -0.2) is 44.3 Å². The first-order valence-electron chi connectivity index (χ1n) is 15.4. The summed E-state index contributed by atoms with van der Waals surface area (Å²) in [7, 11) is -4.17. The third-order valence-corrected chi connectivity index (χ3v) is 10.1. The summed E-state index contributed by atoms with van der Waals surface area (Å²) in [5, 5.41) is 3.75. The Labute approximate surface area is 282 Å². The van der Waals surface area contributed by atoms with E-state index in [9.17, 15) is 18.0 Å². The zero-order valence-electron chi connectivity index (χ0n) is 26.0. The molecule has 0 fully saturated rings. The van der Waals surface area contributed by atoms with Crippen LogP contribution in [0.2, 0.25) is 10.0 Å². The predicted molar refractivity (Wildman–Crippen MR) is 186 cm³/mol. The number of sulfonamides is 1. The van der Waals surface area contributed by atoms with Gasteiger partial charge in [-0.1, -0.05) is 110 Å². The van der Waals surface area contributed by atoms with Crippen LogP contribution in [0.5, 0.6) is 0 Å². The minimum absolute atomic E-state index is 0.0401. The average Bonchev–Trinajstić information content (AvgIpc) is 3.07. The second-order valence-electron chi connectivity index (χ2n) is 11.0. The van der Waals surface area contributed by atoms with Crippen LogP contribution in [0.1, 0.15) is 43.4 Å². The van der Waals surface area contributed by atoms with Gasteiger partial charge in [-0.3, -0.25) is 13.9 Å². The Kier molecular flexibility index (Phi) is 12.7. The molecule has 4 aromatic rings. The minimum atomic E-state index is -4.17. The van der Waals surface area contributed by atoms with Gasteiger partial charge in [0.05, 0.1) is 10.6 Å². The van der Waals surface area contributed by atoms with Crippen molar-refractivity contribution in [2.24, 2.45) is 0 Å². The fourth-order valence-corrected chi connectivity index (χ4v) is 6.94. The summed E-state index contributed by atoms with van der Waals surface area (Å²) in [6, 6.07) is 28.5. The number of benzene rings is 4. The Balaban J connectivity index is 1.80. The topological polar surface area (TPSA) is 86.8 Å². The quantitative estimate of drug-likeness (QED) is 0.134. The van der Waals surface area contributed by atoms with Crippen molar-refractivity contribution in [3.8, 4) is 0 Å². The number of halogens is 2. The van der Waals surface area contributed by atoms with Crippen molar-refractivity contribution in [2.45, 2.75) is 57.0 Å². The number of nitrogens with one attached hydrogen (secondary N) is 1. The lowest BCUT2D eigenvalue weighted by Gasteiger charge is -2.34. The number of nitrogens with zero attached hydrogens (tertiary/aromatic N) is 2. The van der Waals surface area contributed by atoms with Gasteiger partial charge in [0.15, 0.2) is 0 Å². The summed E-state index contributed by atoms with van der Waals surface area (Å²) in [4.78, 5) is 29.9. The Morgan fingerprint density at radius 1 is 0.826 bits per heavy atom. The normalized spacial score (nSPS) is 11.9. The molecule has 4 aromatic carbocycles. The van der Waals surface area contributed by atoms with Crippen molar-refractivity contribution in [1.82, 2.24) is 10.2 Å². The van der Waals surface area contributed by atoms with Gasteiger partial charge in [0.1, 0.15) is 12.6 Å². The number of hydrogen-bond donors (Lipinski definition) is 1. The molecular formula is C36H39Cl2N3O4S. The van der Waals surface area contributed by atoms with E-state index in [1.807, 2.05) is 56.3 Å². The van der Waals surface area contributed by atoms with Gasteiger partial charge in [0, 0.05) is 29.6 Å². The summed E-state index contributed by atoms with van der Waals surface area (Å²) < 4.78 is 29.3. The molecule has 1 N–H and O–H groups in total. The van der Waals surface area contributed by atoms with Crippen LogP contribution in [-0.2, 0) is 39.0 Å². The highest BCUT2D eigenvalue weighted by Crippen LogP contribution is 2.27. The molecule has 0 aromatic heterocycles. The van der Waals surface area contributed by atoms with Crippen molar-refractivity contribution in [1.29, 1.82) is 0 Å². The molecular weight excluding hydrogens is 641 g/mol. The maximum atomic E-state index is 14.5. The monoisotopic (exact) mass is 679 g/mol. The van der Waals surface area contributed by atoms with Crippen LogP contribution < -0.4 is 9.62 Å². The van der Waals surface area contributed by atoms with Gasteiger partial charge in [-0.25, -0.2) is 8.42 Å². The zero-order chi connectivity index (χ0) is 33.1. The Morgan fingerprint density at radius 3 is 2.09 bits per heavy atom. The number of carbonyl (C=O) groups excluding carboxylic acids is 2. The Morgan fingerprint density at radius 2 is 1.48 bits per heavy atom. The molecule has 0 bridgehead atoms. The molecule has 242 valence electrons. The van der Waals surface area contributed by atoms with Crippen molar-refractivity contribution in [2.75, 3.05) is 17.4 Å². The number of unbranched alkanes of at least 4 members (excludes halogenated alkanes) is 1. The van der Waals surface area contributed by atoms with Crippen molar-refractivity contribution >= 4 is 50.7 Å². The van der Waals surface area contributed by atoms with Crippen LogP contribution in [0.4, 0.5) is 5.69 Å². The van der Waals surface area contributed by atoms with Gasteiger partial charge in [-0.2, -0.15) is 0 Å². The van der Waals surface area contributed by atoms with E-state index in [0.29, 0.717) is 27.8 Å². The van der Waals surface area contributed by atoms with Gasteiger partial charge < -0.3 is 10.2 Å². The molecule has 1 unspecified atom stereocenters. The fourth-order valence-electron chi connectivity index (χ4n) is 5.04. The maximum absolute atomic E-state index is 14.5. The van der Waals surface area contributed by atoms with Gasteiger partial charge in [-0.05, 0) is 65.9 Å². The van der Waals surface area contributed by atoms with E-state index in [1.165, 1.54) is 17.0 Å². The summed E-state index contributed by atoms with van der Waals surface area (Å²) >= 11 is 12.8. The van der Waals surface area contributed by atoms with Gasteiger partial charge in [0.2, 0.25) is 11.8 Å². The van der Waals surface area contributed by atoms with E-state index in [1.54, 1.807) is 48.5 Å². The minimum Gasteiger partial charge on any atom is -0.354 e. The number of hydrogen-bond acceptors (Lipinski definition) is 4. The molecule has 2 amide bonds. The van der Waals surface area contributed by atoms with E-state index >= 15 is 0 Å². The number of aryl methyl sites for hydroxylation is 1. The fraction of sp³-hybridized carbons (Fsp3) is 0.278. The van der Waals surface area contributed by atoms with Crippen LogP contribution >= 0.6 is 23.2 Å². The molecule has 10 heteroatoms. The molecule has 1 atom stereocenters. The largest absolute Gasteiger partial charge is 0.354 e. The molecule has 0 aliphatic carbocycles. The van der Waals surface area contributed by atoms with Gasteiger partial charge >= 0.3 is 0 Å². The van der Waals surface area contributed by atoms with Crippen molar-refractivity contribution in [3.05, 3.63) is 130 Å². The third-order valence-electron chi connectivity index (χ3n) is 7.70.